The van der Waals surface area contributed by atoms with Crippen LogP contribution in [0.25, 0.3) is 0 Å². The molecule has 2 N–H and O–H groups in total. The van der Waals surface area contributed by atoms with Crippen LogP contribution in [0.2, 0.25) is 0 Å². The van der Waals surface area contributed by atoms with Crippen molar-refractivity contribution in [1.29, 1.82) is 0 Å². The fraction of sp³-hybridized carbons (Fsp3) is 0.571. The summed E-state index contributed by atoms with van der Waals surface area (Å²) < 4.78 is 0. The molecule has 0 aromatic carbocycles. The fourth-order valence-corrected chi connectivity index (χ4v) is 3.12. The van der Waals surface area contributed by atoms with Gasteiger partial charge < -0.3 is 10.2 Å². The molecule has 2 unspecified atom stereocenters. The molecular formula is C14H19NO3S. The third-order valence-corrected chi connectivity index (χ3v) is 4.77. The first-order valence-electron chi connectivity index (χ1n) is 6.60. The number of aromatic nitrogens is 1. The van der Waals surface area contributed by atoms with E-state index in [-0.39, 0.29) is 10.8 Å². The lowest BCUT2D eigenvalue weighted by atomic mass is 9.95. The van der Waals surface area contributed by atoms with E-state index >= 15 is 0 Å². The fourth-order valence-electron chi connectivity index (χ4n) is 2.13. The van der Waals surface area contributed by atoms with Crippen LogP contribution in [0.3, 0.4) is 0 Å². The molecule has 2 rings (SSSR count). The number of thioether (sulfide) groups is 1. The first-order chi connectivity index (χ1) is 8.99. The van der Waals surface area contributed by atoms with Gasteiger partial charge in [-0.1, -0.05) is 18.7 Å². The van der Waals surface area contributed by atoms with Gasteiger partial charge in [0.1, 0.15) is 5.03 Å². The number of aliphatic hydroxyl groups is 1. The minimum absolute atomic E-state index is 0.0766. The minimum atomic E-state index is -0.943. The van der Waals surface area contributed by atoms with Crippen molar-refractivity contribution in [3.8, 4) is 0 Å². The van der Waals surface area contributed by atoms with E-state index in [2.05, 4.69) is 4.98 Å². The predicted molar refractivity (Wildman–Crippen MR) is 74.8 cm³/mol. The lowest BCUT2D eigenvalue weighted by molar-refractivity contribution is 0.0692. The van der Waals surface area contributed by atoms with Crippen molar-refractivity contribution in [1.82, 2.24) is 4.98 Å². The molecule has 1 aromatic rings. The van der Waals surface area contributed by atoms with Crippen molar-refractivity contribution in [3.63, 3.8) is 0 Å². The topological polar surface area (TPSA) is 70.4 Å². The SMILES string of the molecule is CC(O)C(C)Sc1nc2c(cc1C(=O)O)CCCC2. The second kappa shape index (κ2) is 5.92. The van der Waals surface area contributed by atoms with Gasteiger partial charge in [0.25, 0.3) is 0 Å². The van der Waals surface area contributed by atoms with E-state index in [0.29, 0.717) is 5.03 Å². The first-order valence-corrected chi connectivity index (χ1v) is 7.48. The molecule has 0 amide bonds. The van der Waals surface area contributed by atoms with E-state index in [1.165, 1.54) is 11.8 Å². The molecular weight excluding hydrogens is 262 g/mol. The molecule has 0 saturated carbocycles. The Balaban J connectivity index is 2.37. The molecule has 1 heterocycles. The number of carboxylic acid groups (broad SMARTS) is 1. The van der Waals surface area contributed by atoms with Gasteiger partial charge in [0.15, 0.2) is 0 Å². The Kier molecular flexibility index (Phi) is 4.47. The molecule has 0 aliphatic heterocycles. The predicted octanol–water partition coefficient (Wildman–Crippen LogP) is 2.52. The number of carbonyl (C=O) groups is 1. The average Bonchev–Trinajstić information content (AvgIpc) is 2.37. The number of hydrogen-bond acceptors (Lipinski definition) is 4. The third-order valence-electron chi connectivity index (χ3n) is 3.47. The highest BCUT2D eigenvalue weighted by molar-refractivity contribution is 8.00. The zero-order valence-corrected chi connectivity index (χ0v) is 12.0. The normalized spacial score (nSPS) is 17.6. The monoisotopic (exact) mass is 281 g/mol. The summed E-state index contributed by atoms with van der Waals surface area (Å²) in [4.78, 5) is 15.9. The van der Waals surface area contributed by atoms with Crippen LogP contribution in [0.4, 0.5) is 0 Å². The summed E-state index contributed by atoms with van der Waals surface area (Å²) in [6.07, 6.45) is 3.56. The molecule has 0 fully saturated rings. The number of aromatic carboxylic acids is 1. The molecule has 5 heteroatoms. The van der Waals surface area contributed by atoms with E-state index in [1.807, 2.05) is 6.92 Å². The summed E-state index contributed by atoms with van der Waals surface area (Å²) >= 11 is 1.34. The molecule has 19 heavy (non-hydrogen) atoms. The number of hydrogen-bond donors (Lipinski definition) is 2. The number of aryl methyl sites for hydroxylation is 2. The summed E-state index contributed by atoms with van der Waals surface area (Å²) in [6, 6.07) is 1.76. The standard InChI is InChI=1S/C14H19NO3S/c1-8(16)9(2)19-13-11(14(17)18)7-10-5-3-4-6-12(10)15-13/h7-9,16H,3-6H2,1-2H3,(H,17,18). The smallest absolute Gasteiger partial charge is 0.338 e. The Morgan fingerprint density at radius 3 is 2.68 bits per heavy atom. The molecule has 0 saturated heterocycles. The van der Waals surface area contributed by atoms with Crippen molar-refractivity contribution in [2.75, 3.05) is 0 Å². The number of pyridine rings is 1. The summed E-state index contributed by atoms with van der Waals surface area (Å²) in [7, 11) is 0. The van der Waals surface area contributed by atoms with E-state index in [4.69, 9.17) is 0 Å². The Hall–Kier alpha value is -1.07. The summed E-state index contributed by atoms with van der Waals surface area (Å²) in [6.45, 7) is 3.58. The summed E-state index contributed by atoms with van der Waals surface area (Å²) in [5.74, 6) is -0.943. The molecule has 4 nitrogen and oxygen atoms in total. The van der Waals surface area contributed by atoms with Gasteiger partial charge in [0.2, 0.25) is 0 Å². The number of aliphatic hydroxyl groups excluding tert-OH is 1. The molecule has 1 aromatic heterocycles. The number of rotatable bonds is 4. The Morgan fingerprint density at radius 2 is 2.05 bits per heavy atom. The van der Waals surface area contributed by atoms with E-state index in [9.17, 15) is 15.0 Å². The maximum Gasteiger partial charge on any atom is 0.338 e. The van der Waals surface area contributed by atoms with Gasteiger partial charge in [-0.05, 0) is 44.2 Å². The lowest BCUT2D eigenvalue weighted by Crippen LogP contribution is -2.17. The molecule has 2 atom stereocenters. The summed E-state index contributed by atoms with van der Waals surface area (Å²) in [5.41, 5.74) is 2.35. The van der Waals surface area contributed by atoms with Crippen LogP contribution >= 0.6 is 11.8 Å². The summed E-state index contributed by atoms with van der Waals surface area (Å²) in [5, 5.41) is 19.3. The van der Waals surface area contributed by atoms with Gasteiger partial charge in [0, 0.05) is 10.9 Å². The van der Waals surface area contributed by atoms with Gasteiger partial charge in [-0.25, -0.2) is 9.78 Å². The molecule has 1 aliphatic carbocycles. The number of carboxylic acids is 1. The van der Waals surface area contributed by atoms with Crippen LogP contribution in [0.1, 0.15) is 48.3 Å². The van der Waals surface area contributed by atoms with Gasteiger partial charge in [-0.3, -0.25) is 0 Å². The van der Waals surface area contributed by atoms with Crippen molar-refractivity contribution in [2.24, 2.45) is 0 Å². The van der Waals surface area contributed by atoms with E-state index in [0.717, 1.165) is 36.9 Å². The third kappa shape index (κ3) is 3.28. The Bertz CT molecular complexity index is 488. The second-order valence-electron chi connectivity index (χ2n) is 5.02. The molecule has 104 valence electrons. The Morgan fingerprint density at radius 1 is 1.37 bits per heavy atom. The maximum atomic E-state index is 11.3. The van der Waals surface area contributed by atoms with Gasteiger partial charge in [0.05, 0.1) is 11.7 Å². The van der Waals surface area contributed by atoms with Crippen LogP contribution in [0.15, 0.2) is 11.1 Å². The molecule has 0 bridgehead atoms. The van der Waals surface area contributed by atoms with Crippen LogP contribution in [-0.2, 0) is 12.8 Å². The molecule has 0 spiro atoms. The molecule has 0 radical (unpaired) electrons. The van der Waals surface area contributed by atoms with Gasteiger partial charge in [-0.15, -0.1) is 0 Å². The average molecular weight is 281 g/mol. The zero-order valence-electron chi connectivity index (χ0n) is 11.2. The highest BCUT2D eigenvalue weighted by Crippen LogP contribution is 2.31. The van der Waals surface area contributed by atoms with Crippen molar-refractivity contribution in [2.45, 2.75) is 55.9 Å². The largest absolute Gasteiger partial charge is 0.478 e. The number of nitrogens with zero attached hydrogens (tertiary/aromatic N) is 1. The maximum absolute atomic E-state index is 11.3. The van der Waals surface area contributed by atoms with E-state index < -0.39 is 12.1 Å². The lowest BCUT2D eigenvalue weighted by Gasteiger charge is -2.19. The van der Waals surface area contributed by atoms with Crippen LogP contribution in [0, 0.1) is 0 Å². The highest BCUT2D eigenvalue weighted by Gasteiger charge is 2.21. The van der Waals surface area contributed by atoms with Crippen LogP contribution in [-0.4, -0.2) is 32.5 Å². The van der Waals surface area contributed by atoms with E-state index in [1.54, 1.807) is 13.0 Å². The van der Waals surface area contributed by atoms with Crippen molar-refractivity contribution in [3.05, 3.63) is 22.9 Å². The van der Waals surface area contributed by atoms with Gasteiger partial charge in [-0.2, -0.15) is 0 Å². The minimum Gasteiger partial charge on any atom is -0.478 e. The number of fused-ring (bicyclic) bond motifs is 1. The van der Waals surface area contributed by atoms with Crippen molar-refractivity contribution >= 4 is 17.7 Å². The quantitative estimate of drug-likeness (QED) is 0.830. The highest BCUT2D eigenvalue weighted by atomic mass is 32.2. The van der Waals surface area contributed by atoms with Crippen LogP contribution in [0.5, 0.6) is 0 Å². The van der Waals surface area contributed by atoms with Crippen LogP contribution < -0.4 is 0 Å². The Labute approximate surface area is 117 Å². The van der Waals surface area contributed by atoms with Gasteiger partial charge >= 0.3 is 5.97 Å². The van der Waals surface area contributed by atoms with Crippen molar-refractivity contribution < 1.29 is 15.0 Å². The second-order valence-corrected chi connectivity index (χ2v) is 6.39. The zero-order chi connectivity index (χ0) is 14.0. The molecule has 1 aliphatic rings. The first kappa shape index (κ1) is 14.3.